The molecule has 41 heavy (non-hydrogen) atoms. The Morgan fingerprint density at radius 3 is 1.51 bits per heavy atom. The van der Waals surface area contributed by atoms with Crippen molar-refractivity contribution in [3.8, 4) is 22.5 Å². The van der Waals surface area contributed by atoms with Crippen LogP contribution in [0.1, 0.15) is 36.8 Å². The normalized spacial score (nSPS) is 14.5. The average molecular weight is 535 g/mol. The number of para-hydroxylation sites is 2. The molecule has 4 bridgehead atoms. The average Bonchev–Trinajstić information content (AvgIpc) is 3.68. The monoisotopic (exact) mass is 534 g/mol. The van der Waals surface area contributed by atoms with Crippen molar-refractivity contribution in [2.75, 3.05) is 13.1 Å². The van der Waals surface area contributed by atoms with Gasteiger partial charge in [-0.1, -0.05) is 49.2 Å². The van der Waals surface area contributed by atoms with Crippen molar-refractivity contribution in [3.63, 3.8) is 0 Å². The highest BCUT2D eigenvalue weighted by molar-refractivity contribution is 6.11. The predicted molar refractivity (Wildman–Crippen MR) is 172 cm³/mol. The fourth-order valence-electron chi connectivity index (χ4n) is 6.21. The van der Waals surface area contributed by atoms with Crippen molar-refractivity contribution in [3.05, 3.63) is 96.1 Å². The summed E-state index contributed by atoms with van der Waals surface area (Å²) in [6.45, 7) is 1.66. The first-order valence-electron chi connectivity index (χ1n) is 14.5. The van der Waals surface area contributed by atoms with Crippen LogP contribution in [0.15, 0.2) is 99.3 Å². The van der Waals surface area contributed by atoms with E-state index in [2.05, 4.69) is 107 Å². The quantitative estimate of drug-likeness (QED) is 0.200. The molecule has 200 valence electrons. The number of nitrogens with zero attached hydrogens (tertiary/aromatic N) is 2. The number of hydrogen-bond acceptors (Lipinski definition) is 3. The minimum absolute atomic E-state index is 0.828. The molecule has 0 fully saturated rings. The maximum Gasteiger partial charge on any atom is 0.135 e. The van der Waals surface area contributed by atoms with Gasteiger partial charge < -0.3 is 14.4 Å². The summed E-state index contributed by atoms with van der Waals surface area (Å²) in [5.41, 5.74) is 10.7. The number of aliphatic imine (C=N–C) groups is 2. The van der Waals surface area contributed by atoms with E-state index in [-0.39, 0.29) is 0 Å². The highest BCUT2D eigenvalue weighted by Gasteiger charge is 2.17. The van der Waals surface area contributed by atoms with Gasteiger partial charge in [0.15, 0.2) is 0 Å². The number of hydrogen-bond donors (Lipinski definition) is 2. The van der Waals surface area contributed by atoms with Crippen molar-refractivity contribution >= 4 is 56.2 Å². The molecule has 3 aromatic heterocycles. The molecule has 1 aliphatic rings. The Balaban J connectivity index is 1.35. The lowest BCUT2D eigenvalue weighted by Gasteiger charge is -2.04. The zero-order valence-electron chi connectivity index (χ0n) is 22.8. The van der Waals surface area contributed by atoms with Crippen molar-refractivity contribution in [1.29, 1.82) is 0 Å². The van der Waals surface area contributed by atoms with Gasteiger partial charge in [-0.3, -0.25) is 9.98 Å². The van der Waals surface area contributed by atoms with Crippen molar-refractivity contribution in [1.82, 2.24) is 9.97 Å². The van der Waals surface area contributed by atoms with Crippen LogP contribution in [0.3, 0.4) is 0 Å². The van der Waals surface area contributed by atoms with Crippen molar-refractivity contribution < 1.29 is 4.42 Å². The second-order valence-corrected chi connectivity index (χ2v) is 10.9. The molecule has 0 unspecified atom stereocenters. The Morgan fingerprint density at radius 1 is 0.512 bits per heavy atom. The molecule has 2 N–H and O–H groups in total. The summed E-state index contributed by atoms with van der Waals surface area (Å²) >= 11 is 0. The van der Waals surface area contributed by atoms with Crippen LogP contribution in [0.4, 0.5) is 0 Å². The van der Waals surface area contributed by atoms with Gasteiger partial charge in [-0.05, 0) is 72.5 Å². The highest BCUT2D eigenvalue weighted by Crippen LogP contribution is 2.38. The smallest absolute Gasteiger partial charge is 0.135 e. The summed E-state index contributed by atoms with van der Waals surface area (Å²) in [5, 5.41) is 4.58. The van der Waals surface area contributed by atoms with Gasteiger partial charge >= 0.3 is 0 Å². The highest BCUT2D eigenvalue weighted by atomic mass is 16.3. The van der Waals surface area contributed by atoms with Gasteiger partial charge in [-0.25, -0.2) is 0 Å². The summed E-state index contributed by atoms with van der Waals surface area (Å²) in [6, 6.07) is 29.9. The lowest BCUT2D eigenvalue weighted by atomic mass is 10.0. The summed E-state index contributed by atoms with van der Waals surface area (Å²) < 4.78 is 6.31. The van der Waals surface area contributed by atoms with Crippen LogP contribution >= 0.6 is 0 Å². The largest absolute Gasteiger partial charge is 0.456 e. The number of H-pyrrole nitrogens is 2. The second kappa shape index (κ2) is 9.93. The first-order chi connectivity index (χ1) is 20.3. The Morgan fingerprint density at radius 2 is 1.00 bits per heavy atom. The number of nitrogens with one attached hydrogen (secondary N) is 2. The van der Waals surface area contributed by atoms with Gasteiger partial charge in [-0.15, -0.1) is 0 Å². The van der Waals surface area contributed by atoms with Gasteiger partial charge in [0.05, 0.1) is 11.4 Å². The number of benzene rings is 4. The third-order valence-electron chi connectivity index (χ3n) is 8.30. The first-order valence-corrected chi connectivity index (χ1v) is 14.5. The molecule has 0 atom stereocenters. The predicted octanol–water partition coefficient (Wildman–Crippen LogP) is 9.29. The van der Waals surface area contributed by atoms with Gasteiger partial charge in [0.25, 0.3) is 0 Å². The number of aromatic amines is 2. The molecule has 0 saturated carbocycles. The molecule has 5 heteroatoms. The van der Waals surface area contributed by atoms with Gasteiger partial charge in [0, 0.05) is 69.2 Å². The third-order valence-corrected chi connectivity index (χ3v) is 8.30. The van der Waals surface area contributed by atoms with E-state index in [0.717, 1.165) is 105 Å². The standard InChI is InChI=1S/C36H30N4O/c1-2-8-18-38-22-30-26-10-4-6-12-32(26)40-36(30)24-14-16-34-28(20-24)27-19-23(13-15-33(27)41-34)35-29(21-37-17-7-1)25-9-3-5-11-31(25)39-35/h3-6,9-16,19-22,39-40H,1-2,7-8,17-18H2. The van der Waals surface area contributed by atoms with Crippen LogP contribution in [0.25, 0.3) is 66.3 Å². The number of furan rings is 1. The fraction of sp³-hybridized carbons (Fsp3) is 0.167. The number of fused-ring (bicyclic) bond motifs is 10. The molecule has 0 aliphatic carbocycles. The first kappa shape index (κ1) is 23.9. The molecular formula is C36H30N4O. The van der Waals surface area contributed by atoms with E-state index < -0.39 is 0 Å². The van der Waals surface area contributed by atoms with E-state index in [0.29, 0.717) is 0 Å². The molecule has 8 rings (SSSR count). The summed E-state index contributed by atoms with van der Waals surface area (Å²) in [4.78, 5) is 17.1. The molecule has 0 amide bonds. The lowest BCUT2D eigenvalue weighted by molar-refractivity contribution is 0.655. The number of rotatable bonds is 0. The molecule has 0 saturated heterocycles. The second-order valence-electron chi connectivity index (χ2n) is 10.9. The zero-order chi connectivity index (χ0) is 27.2. The maximum atomic E-state index is 6.31. The van der Waals surface area contributed by atoms with Crippen LogP contribution in [0.5, 0.6) is 0 Å². The van der Waals surface area contributed by atoms with Gasteiger partial charge in [0.1, 0.15) is 11.2 Å². The molecule has 7 aromatic rings. The van der Waals surface area contributed by atoms with Crippen LogP contribution in [0.2, 0.25) is 0 Å². The Bertz CT molecular complexity index is 1970. The Kier molecular flexibility index (Phi) is 5.80. The van der Waals surface area contributed by atoms with Crippen LogP contribution in [0, 0.1) is 0 Å². The molecular weight excluding hydrogens is 504 g/mol. The SMILES string of the molecule is C1=NCCCCCCN=Cc2c([nH]c3ccccc23)-c2ccc3oc4ccc(cc4c3c2)-c2[nH]c3ccccc3c21. The topological polar surface area (TPSA) is 69.4 Å². The Labute approximate surface area is 237 Å². The maximum absolute atomic E-state index is 6.31. The summed E-state index contributed by atoms with van der Waals surface area (Å²) in [7, 11) is 0. The molecule has 4 aromatic carbocycles. The van der Waals surface area contributed by atoms with E-state index in [1.807, 2.05) is 0 Å². The number of aromatic nitrogens is 2. The van der Waals surface area contributed by atoms with Crippen molar-refractivity contribution in [2.45, 2.75) is 25.7 Å². The van der Waals surface area contributed by atoms with E-state index in [1.54, 1.807) is 0 Å². The molecule has 1 aliphatic heterocycles. The molecule has 0 spiro atoms. The van der Waals surface area contributed by atoms with Gasteiger partial charge in [0.2, 0.25) is 0 Å². The van der Waals surface area contributed by atoms with Gasteiger partial charge in [-0.2, -0.15) is 0 Å². The summed E-state index contributed by atoms with van der Waals surface area (Å²) in [6.07, 6.45) is 8.60. The van der Waals surface area contributed by atoms with E-state index in [4.69, 9.17) is 14.4 Å². The van der Waals surface area contributed by atoms with E-state index >= 15 is 0 Å². The zero-order valence-corrected chi connectivity index (χ0v) is 22.8. The third kappa shape index (κ3) is 4.16. The Hall–Kier alpha value is -4.90. The van der Waals surface area contributed by atoms with E-state index in [1.165, 1.54) is 10.8 Å². The summed E-state index contributed by atoms with van der Waals surface area (Å²) in [5.74, 6) is 0. The van der Waals surface area contributed by atoms with Crippen LogP contribution in [-0.4, -0.2) is 35.5 Å². The minimum Gasteiger partial charge on any atom is -0.456 e. The minimum atomic E-state index is 0.828. The van der Waals surface area contributed by atoms with E-state index in [9.17, 15) is 0 Å². The lowest BCUT2D eigenvalue weighted by Crippen LogP contribution is -1.91. The molecule has 4 heterocycles. The van der Waals surface area contributed by atoms with Crippen LogP contribution in [-0.2, 0) is 0 Å². The van der Waals surface area contributed by atoms with Crippen LogP contribution < -0.4 is 0 Å². The fourth-order valence-corrected chi connectivity index (χ4v) is 6.21. The van der Waals surface area contributed by atoms with Crippen molar-refractivity contribution in [2.24, 2.45) is 9.98 Å². The molecule has 5 nitrogen and oxygen atoms in total. The molecule has 0 radical (unpaired) electrons.